The molecule has 2 atom stereocenters. The molecule has 1 saturated carbocycles. The molecule has 5 heteroatoms. The summed E-state index contributed by atoms with van der Waals surface area (Å²) < 4.78 is 0. The molecule has 21 heavy (non-hydrogen) atoms. The SMILES string of the molecule is CC(=O)c1cc([N+](=O)[O-])ccc1N(C)C1CCCCC1C. The fourth-order valence-electron chi connectivity index (χ4n) is 3.28. The third-order valence-corrected chi connectivity index (χ3v) is 4.51. The van der Waals surface area contributed by atoms with Gasteiger partial charge in [-0.25, -0.2) is 0 Å². The Labute approximate surface area is 125 Å². The average molecular weight is 290 g/mol. The maximum Gasteiger partial charge on any atom is 0.270 e. The van der Waals surface area contributed by atoms with E-state index in [2.05, 4.69) is 11.8 Å². The molecular formula is C16H22N2O3. The number of hydrogen-bond acceptors (Lipinski definition) is 4. The molecule has 5 nitrogen and oxygen atoms in total. The van der Waals surface area contributed by atoms with E-state index in [9.17, 15) is 14.9 Å². The van der Waals surface area contributed by atoms with Crippen molar-refractivity contribution in [3.05, 3.63) is 33.9 Å². The minimum absolute atomic E-state index is 0.0333. The number of ketones is 1. The molecule has 1 aromatic carbocycles. The molecule has 0 amide bonds. The van der Waals surface area contributed by atoms with Crippen LogP contribution in [0.1, 0.15) is 49.9 Å². The zero-order valence-corrected chi connectivity index (χ0v) is 12.8. The lowest BCUT2D eigenvalue weighted by Gasteiger charge is -2.38. The maximum absolute atomic E-state index is 11.9. The van der Waals surface area contributed by atoms with Gasteiger partial charge in [-0.3, -0.25) is 14.9 Å². The molecule has 1 aliphatic carbocycles. The zero-order valence-electron chi connectivity index (χ0n) is 12.8. The van der Waals surface area contributed by atoms with Crippen molar-refractivity contribution in [1.82, 2.24) is 0 Å². The van der Waals surface area contributed by atoms with Crippen molar-refractivity contribution in [3.63, 3.8) is 0 Å². The lowest BCUT2D eigenvalue weighted by molar-refractivity contribution is -0.384. The largest absolute Gasteiger partial charge is 0.371 e. The molecule has 114 valence electrons. The van der Waals surface area contributed by atoms with E-state index < -0.39 is 4.92 Å². The summed E-state index contributed by atoms with van der Waals surface area (Å²) in [7, 11) is 1.99. The summed E-state index contributed by atoms with van der Waals surface area (Å²) in [4.78, 5) is 24.4. The van der Waals surface area contributed by atoms with Gasteiger partial charge in [0.1, 0.15) is 0 Å². The van der Waals surface area contributed by atoms with Gasteiger partial charge in [-0.15, -0.1) is 0 Å². The van der Waals surface area contributed by atoms with Crippen LogP contribution < -0.4 is 4.90 Å². The van der Waals surface area contributed by atoms with Crippen LogP contribution in [0.5, 0.6) is 0 Å². The second-order valence-electron chi connectivity index (χ2n) is 5.95. The standard InChI is InChI=1S/C16H22N2O3/c1-11-6-4-5-7-15(11)17(3)16-9-8-13(18(20)21)10-14(16)12(2)19/h8-11,15H,4-7H2,1-3H3. The minimum Gasteiger partial charge on any atom is -0.371 e. The summed E-state index contributed by atoms with van der Waals surface area (Å²) in [6.45, 7) is 3.69. The van der Waals surface area contributed by atoms with Gasteiger partial charge in [0.2, 0.25) is 0 Å². The molecule has 0 saturated heterocycles. The molecule has 0 aliphatic heterocycles. The Balaban J connectivity index is 2.37. The van der Waals surface area contributed by atoms with Gasteiger partial charge < -0.3 is 4.90 Å². The topological polar surface area (TPSA) is 63.4 Å². The molecular weight excluding hydrogens is 268 g/mol. The highest BCUT2D eigenvalue weighted by molar-refractivity contribution is 6.00. The summed E-state index contributed by atoms with van der Waals surface area (Å²) in [5, 5.41) is 10.9. The van der Waals surface area contributed by atoms with Crippen molar-refractivity contribution in [2.45, 2.75) is 45.6 Å². The summed E-state index contributed by atoms with van der Waals surface area (Å²) >= 11 is 0. The summed E-state index contributed by atoms with van der Waals surface area (Å²) in [6.07, 6.45) is 4.75. The first-order valence-electron chi connectivity index (χ1n) is 7.44. The molecule has 1 aliphatic rings. The number of nitrogens with zero attached hydrogens (tertiary/aromatic N) is 2. The van der Waals surface area contributed by atoms with Crippen LogP contribution in [-0.2, 0) is 0 Å². The molecule has 2 rings (SSSR count). The fraction of sp³-hybridized carbons (Fsp3) is 0.562. The normalized spacial score (nSPS) is 21.9. The number of carbonyl (C=O) groups is 1. The van der Waals surface area contributed by atoms with Gasteiger partial charge in [0.25, 0.3) is 5.69 Å². The van der Waals surface area contributed by atoms with Crippen LogP contribution in [0.15, 0.2) is 18.2 Å². The molecule has 1 aromatic rings. The maximum atomic E-state index is 11.9. The van der Waals surface area contributed by atoms with Crippen LogP contribution in [0.25, 0.3) is 0 Å². The van der Waals surface area contributed by atoms with Gasteiger partial charge in [0, 0.05) is 36.5 Å². The van der Waals surface area contributed by atoms with Crippen molar-refractivity contribution in [3.8, 4) is 0 Å². The quantitative estimate of drug-likeness (QED) is 0.480. The van der Waals surface area contributed by atoms with Crippen LogP contribution in [0, 0.1) is 16.0 Å². The summed E-state index contributed by atoms with van der Waals surface area (Å²) in [5.74, 6) is 0.433. The Morgan fingerprint density at radius 3 is 2.57 bits per heavy atom. The second kappa shape index (κ2) is 6.24. The predicted molar refractivity (Wildman–Crippen MR) is 82.9 cm³/mol. The predicted octanol–water partition coefficient (Wildman–Crippen LogP) is 3.81. The molecule has 0 N–H and O–H groups in total. The highest BCUT2D eigenvalue weighted by Gasteiger charge is 2.27. The Bertz CT molecular complexity index is 556. The number of hydrogen-bond donors (Lipinski definition) is 0. The van der Waals surface area contributed by atoms with E-state index in [1.807, 2.05) is 7.05 Å². The number of non-ortho nitro benzene ring substituents is 1. The van der Waals surface area contributed by atoms with E-state index in [0.29, 0.717) is 17.5 Å². The van der Waals surface area contributed by atoms with Crippen molar-refractivity contribution in [2.75, 3.05) is 11.9 Å². The molecule has 0 heterocycles. The van der Waals surface area contributed by atoms with Crippen molar-refractivity contribution in [1.29, 1.82) is 0 Å². The summed E-state index contributed by atoms with van der Waals surface area (Å²) in [6, 6.07) is 4.96. The Morgan fingerprint density at radius 2 is 2.00 bits per heavy atom. The van der Waals surface area contributed by atoms with E-state index in [-0.39, 0.29) is 11.5 Å². The van der Waals surface area contributed by atoms with Gasteiger partial charge in [0.15, 0.2) is 5.78 Å². The second-order valence-corrected chi connectivity index (χ2v) is 5.95. The Kier molecular flexibility index (Phi) is 4.60. The number of Topliss-reactive ketones (excluding diaryl/α,β-unsaturated/α-hetero) is 1. The van der Waals surface area contributed by atoms with Crippen molar-refractivity contribution in [2.24, 2.45) is 5.92 Å². The fourth-order valence-corrected chi connectivity index (χ4v) is 3.28. The van der Waals surface area contributed by atoms with Crippen LogP contribution in [0.3, 0.4) is 0 Å². The average Bonchev–Trinajstić information content (AvgIpc) is 2.46. The monoisotopic (exact) mass is 290 g/mol. The summed E-state index contributed by atoms with van der Waals surface area (Å²) in [5.41, 5.74) is 1.20. The smallest absolute Gasteiger partial charge is 0.270 e. The molecule has 0 aromatic heterocycles. The number of anilines is 1. The zero-order chi connectivity index (χ0) is 15.6. The number of carbonyl (C=O) groups excluding carboxylic acids is 1. The first kappa shape index (κ1) is 15.5. The van der Waals surface area contributed by atoms with Crippen molar-refractivity contribution < 1.29 is 9.72 Å². The first-order chi connectivity index (χ1) is 9.91. The highest BCUT2D eigenvalue weighted by atomic mass is 16.6. The van der Waals surface area contributed by atoms with E-state index in [0.717, 1.165) is 12.1 Å². The van der Waals surface area contributed by atoms with E-state index in [1.165, 1.54) is 38.3 Å². The van der Waals surface area contributed by atoms with Crippen LogP contribution in [0.2, 0.25) is 0 Å². The van der Waals surface area contributed by atoms with Gasteiger partial charge in [-0.1, -0.05) is 19.8 Å². The van der Waals surface area contributed by atoms with E-state index >= 15 is 0 Å². The number of nitro groups is 1. The van der Waals surface area contributed by atoms with Gasteiger partial charge in [0.05, 0.1) is 4.92 Å². The molecule has 0 radical (unpaired) electrons. The van der Waals surface area contributed by atoms with E-state index in [4.69, 9.17) is 0 Å². The first-order valence-corrected chi connectivity index (χ1v) is 7.44. The lowest BCUT2D eigenvalue weighted by atomic mass is 9.84. The lowest BCUT2D eigenvalue weighted by Crippen LogP contribution is -2.39. The molecule has 0 spiro atoms. The van der Waals surface area contributed by atoms with Crippen LogP contribution >= 0.6 is 0 Å². The van der Waals surface area contributed by atoms with Crippen molar-refractivity contribution >= 4 is 17.2 Å². The highest BCUT2D eigenvalue weighted by Crippen LogP contribution is 2.33. The van der Waals surface area contributed by atoms with Gasteiger partial charge >= 0.3 is 0 Å². The van der Waals surface area contributed by atoms with Crippen LogP contribution in [0.4, 0.5) is 11.4 Å². The van der Waals surface area contributed by atoms with Gasteiger partial charge in [-0.05, 0) is 31.7 Å². The third kappa shape index (κ3) is 3.23. The van der Waals surface area contributed by atoms with E-state index in [1.54, 1.807) is 6.07 Å². The number of rotatable bonds is 4. The Morgan fingerprint density at radius 1 is 1.33 bits per heavy atom. The number of nitro benzene ring substituents is 1. The molecule has 2 unspecified atom stereocenters. The minimum atomic E-state index is -0.459. The third-order valence-electron chi connectivity index (χ3n) is 4.51. The molecule has 1 fully saturated rings. The Hall–Kier alpha value is -1.91. The number of benzene rings is 1. The van der Waals surface area contributed by atoms with Gasteiger partial charge in [-0.2, -0.15) is 0 Å². The van der Waals surface area contributed by atoms with Crippen LogP contribution in [-0.4, -0.2) is 23.8 Å². The molecule has 0 bridgehead atoms.